The Kier molecular flexibility index (Phi) is 6.48. The standard InChI is InChI=1S/C23H28N6O3S/c30-17-7-5-14(6-8-17)25-23-26-15(12-20-28-18-3-1-9-24-21(18)33-20)11-16(27-23)13-29-10-2-4-19(29)22(31)32/h1,3,9,11,14,17,19,30H,2,4-8,10,12-13H2,(H,31,32)(H,25,26,27)/t14?,17?,19-/m0/s1. The van der Waals surface area contributed by atoms with Crippen molar-refractivity contribution in [1.29, 1.82) is 0 Å². The third-order valence-electron chi connectivity index (χ3n) is 6.42. The number of rotatable bonds is 7. The highest BCUT2D eigenvalue weighted by molar-refractivity contribution is 7.18. The molecular formula is C23H28N6O3S. The van der Waals surface area contributed by atoms with Crippen molar-refractivity contribution in [2.24, 2.45) is 0 Å². The minimum Gasteiger partial charge on any atom is -0.480 e. The van der Waals surface area contributed by atoms with Crippen LogP contribution in [0, 0.1) is 0 Å². The number of thiazole rings is 1. The fourth-order valence-corrected chi connectivity index (χ4v) is 5.66. The first-order valence-corrected chi connectivity index (χ1v) is 12.3. The average Bonchev–Trinajstić information content (AvgIpc) is 3.41. The Labute approximate surface area is 195 Å². The molecule has 5 rings (SSSR count). The van der Waals surface area contributed by atoms with Crippen LogP contribution < -0.4 is 5.32 Å². The van der Waals surface area contributed by atoms with Gasteiger partial charge in [0.05, 0.1) is 17.5 Å². The van der Waals surface area contributed by atoms with Gasteiger partial charge in [0, 0.05) is 25.2 Å². The van der Waals surface area contributed by atoms with Gasteiger partial charge in [-0.1, -0.05) is 11.3 Å². The van der Waals surface area contributed by atoms with Crippen molar-refractivity contribution in [3.63, 3.8) is 0 Å². The van der Waals surface area contributed by atoms with Crippen LogP contribution in [0.4, 0.5) is 5.95 Å². The van der Waals surface area contributed by atoms with Crippen LogP contribution in [0.15, 0.2) is 24.4 Å². The number of aliphatic hydroxyl groups excluding tert-OH is 1. The second-order valence-corrected chi connectivity index (χ2v) is 9.96. The predicted octanol–water partition coefficient (Wildman–Crippen LogP) is 2.84. The van der Waals surface area contributed by atoms with Crippen molar-refractivity contribution in [2.45, 2.75) is 69.7 Å². The zero-order valence-corrected chi connectivity index (χ0v) is 19.2. The van der Waals surface area contributed by atoms with Crippen LogP contribution in [0.25, 0.3) is 10.3 Å². The van der Waals surface area contributed by atoms with Crippen molar-refractivity contribution in [2.75, 3.05) is 11.9 Å². The van der Waals surface area contributed by atoms with Crippen molar-refractivity contribution in [3.05, 3.63) is 40.8 Å². The highest BCUT2D eigenvalue weighted by Gasteiger charge is 2.31. The highest BCUT2D eigenvalue weighted by Crippen LogP contribution is 2.25. The minimum absolute atomic E-state index is 0.221. The summed E-state index contributed by atoms with van der Waals surface area (Å²) < 4.78 is 0. The fraction of sp³-hybridized carbons (Fsp3) is 0.522. The summed E-state index contributed by atoms with van der Waals surface area (Å²) in [4.78, 5) is 33.1. The van der Waals surface area contributed by atoms with Gasteiger partial charge >= 0.3 is 5.97 Å². The number of carboxylic acid groups (broad SMARTS) is 1. The number of likely N-dealkylation sites (tertiary alicyclic amines) is 1. The first kappa shape index (κ1) is 22.1. The molecule has 0 spiro atoms. The summed E-state index contributed by atoms with van der Waals surface area (Å²) in [5.41, 5.74) is 2.54. The summed E-state index contributed by atoms with van der Waals surface area (Å²) in [5, 5.41) is 23.8. The van der Waals surface area contributed by atoms with Crippen molar-refractivity contribution >= 4 is 33.6 Å². The topological polar surface area (TPSA) is 124 Å². The van der Waals surface area contributed by atoms with Gasteiger partial charge in [-0.3, -0.25) is 9.69 Å². The molecule has 1 aliphatic carbocycles. The zero-order valence-electron chi connectivity index (χ0n) is 18.4. The molecular weight excluding hydrogens is 440 g/mol. The Hall–Kier alpha value is -2.69. The third-order valence-corrected chi connectivity index (χ3v) is 7.40. The summed E-state index contributed by atoms with van der Waals surface area (Å²) in [7, 11) is 0. The lowest BCUT2D eigenvalue weighted by atomic mass is 9.93. The summed E-state index contributed by atoms with van der Waals surface area (Å²) in [6, 6.07) is 5.56. The molecule has 9 nitrogen and oxygen atoms in total. The summed E-state index contributed by atoms with van der Waals surface area (Å²) >= 11 is 1.56. The molecule has 0 bridgehead atoms. The largest absolute Gasteiger partial charge is 0.480 e. The van der Waals surface area contributed by atoms with Gasteiger partial charge in [0.25, 0.3) is 0 Å². The molecule has 0 amide bonds. The van der Waals surface area contributed by atoms with E-state index in [1.165, 1.54) is 0 Å². The molecule has 0 aromatic carbocycles. The molecule has 2 fully saturated rings. The molecule has 1 aliphatic heterocycles. The van der Waals surface area contributed by atoms with Crippen LogP contribution in [0.5, 0.6) is 0 Å². The van der Waals surface area contributed by atoms with Gasteiger partial charge < -0.3 is 15.5 Å². The zero-order chi connectivity index (χ0) is 22.8. The molecule has 3 N–H and O–H groups in total. The lowest BCUT2D eigenvalue weighted by molar-refractivity contribution is -0.142. The number of fused-ring (bicyclic) bond motifs is 1. The number of pyridine rings is 1. The molecule has 3 aromatic rings. The van der Waals surface area contributed by atoms with E-state index in [1.807, 2.05) is 23.1 Å². The molecule has 3 aromatic heterocycles. The Morgan fingerprint density at radius 1 is 1.15 bits per heavy atom. The van der Waals surface area contributed by atoms with E-state index in [0.29, 0.717) is 25.3 Å². The molecule has 1 atom stereocenters. The lowest BCUT2D eigenvalue weighted by Crippen LogP contribution is -2.35. The number of nitrogens with zero attached hydrogens (tertiary/aromatic N) is 5. The predicted molar refractivity (Wildman–Crippen MR) is 125 cm³/mol. The molecule has 174 valence electrons. The summed E-state index contributed by atoms with van der Waals surface area (Å²) in [6.07, 6.45) is 6.96. The van der Waals surface area contributed by atoms with Crippen LogP contribution in [0.3, 0.4) is 0 Å². The van der Waals surface area contributed by atoms with E-state index in [4.69, 9.17) is 9.97 Å². The van der Waals surface area contributed by atoms with Crippen LogP contribution in [0.1, 0.15) is 54.9 Å². The molecule has 4 heterocycles. The Bertz CT molecular complexity index is 1100. The van der Waals surface area contributed by atoms with Crippen molar-refractivity contribution in [1.82, 2.24) is 24.8 Å². The van der Waals surface area contributed by atoms with Crippen LogP contribution in [-0.4, -0.2) is 65.8 Å². The van der Waals surface area contributed by atoms with Crippen LogP contribution in [-0.2, 0) is 17.8 Å². The molecule has 0 radical (unpaired) electrons. The van der Waals surface area contributed by atoms with Gasteiger partial charge in [-0.25, -0.2) is 19.9 Å². The van der Waals surface area contributed by atoms with E-state index in [1.54, 1.807) is 17.5 Å². The number of carbonyl (C=O) groups is 1. The molecule has 10 heteroatoms. The maximum absolute atomic E-state index is 11.6. The van der Waals surface area contributed by atoms with Gasteiger partial charge in [-0.2, -0.15) is 0 Å². The molecule has 0 unspecified atom stereocenters. The van der Waals surface area contributed by atoms with Gasteiger partial charge in [-0.05, 0) is 63.3 Å². The second-order valence-electron chi connectivity index (χ2n) is 8.90. The quantitative estimate of drug-likeness (QED) is 0.480. The summed E-state index contributed by atoms with van der Waals surface area (Å²) in [6.45, 7) is 1.23. The van der Waals surface area contributed by atoms with Crippen LogP contribution >= 0.6 is 11.3 Å². The lowest BCUT2D eigenvalue weighted by Gasteiger charge is -2.26. The maximum Gasteiger partial charge on any atom is 0.320 e. The first-order chi connectivity index (χ1) is 16.0. The number of carboxylic acids is 1. The minimum atomic E-state index is -0.775. The number of hydrogen-bond acceptors (Lipinski definition) is 9. The Morgan fingerprint density at radius 3 is 2.76 bits per heavy atom. The number of aliphatic carboxylic acids is 1. The Morgan fingerprint density at radius 2 is 1.97 bits per heavy atom. The fourth-order valence-electron chi connectivity index (χ4n) is 4.74. The smallest absolute Gasteiger partial charge is 0.320 e. The Balaban J connectivity index is 1.39. The molecule has 1 saturated carbocycles. The van der Waals surface area contributed by atoms with E-state index in [9.17, 15) is 15.0 Å². The van der Waals surface area contributed by atoms with E-state index in [2.05, 4.69) is 15.3 Å². The van der Waals surface area contributed by atoms with Crippen molar-refractivity contribution < 1.29 is 15.0 Å². The number of aromatic nitrogens is 4. The monoisotopic (exact) mass is 468 g/mol. The average molecular weight is 469 g/mol. The van der Waals surface area contributed by atoms with Gasteiger partial charge in [-0.15, -0.1) is 0 Å². The van der Waals surface area contributed by atoms with Gasteiger partial charge in [0.15, 0.2) is 0 Å². The van der Waals surface area contributed by atoms with E-state index in [-0.39, 0.29) is 12.1 Å². The summed E-state index contributed by atoms with van der Waals surface area (Å²) in [5.74, 6) is -0.211. The second kappa shape index (κ2) is 9.66. The molecule has 2 aliphatic rings. The van der Waals surface area contributed by atoms with E-state index >= 15 is 0 Å². The van der Waals surface area contributed by atoms with E-state index < -0.39 is 12.0 Å². The molecule has 33 heavy (non-hydrogen) atoms. The molecule has 1 saturated heterocycles. The number of anilines is 1. The highest BCUT2D eigenvalue weighted by atomic mass is 32.1. The van der Waals surface area contributed by atoms with E-state index in [0.717, 1.165) is 65.4 Å². The van der Waals surface area contributed by atoms with Gasteiger partial charge in [0.2, 0.25) is 5.95 Å². The van der Waals surface area contributed by atoms with Gasteiger partial charge in [0.1, 0.15) is 21.4 Å². The maximum atomic E-state index is 11.6. The van der Waals surface area contributed by atoms with Crippen LogP contribution in [0.2, 0.25) is 0 Å². The number of hydrogen-bond donors (Lipinski definition) is 3. The SMILES string of the molecule is O=C(O)[C@@H]1CCCN1Cc1cc(Cc2nc3cccnc3s2)nc(NC2CCC(O)CC2)n1. The number of nitrogens with one attached hydrogen (secondary N) is 1. The number of aliphatic hydroxyl groups is 1. The third kappa shape index (κ3) is 5.29. The first-order valence-electron chi connectivity index (χ1n) is 11.5. The van der Waals surface area contributed by atoms with Crippen molar-refractivity contribution in [3.8, 4) is 0 Å². The normalized spacial score (nSPS) is 23.7.